The Balaban J connectivity index is 3.54. The molecule has 0 radical (unpaired) electrons. The third kappa shape index (κ3) is 4.32. The molecule has 0 heterocycles. The number of methoxy groups -OCH3 is 1. The lowest BCUT2D eigenvalue weighted by Gasteiger charge is -2.06. The first-order valence-corrected chi connectivity index (χ1v) is 3.11. The Kier molecular flexibility index (Phi) is 4.21. The van der Waals surface area contributed by atoms with Crippen molar-refractivity contribution in [2.75, 3.05) is 13.7 Å². The Labute approximate surface area is 64.3 Å². The molecule has 11 heavy (non-hydrogen) atoms. The van der Waals surface area contributed by atoms with E-state index in [2.05, 4.69) is 10.1 Å². The number of carboxylic acids is 1. The predicted octanol–water partition coefficient (Wildman–Crippen LogP) is -0.778. The van der Waals surface area contributed by atoms with E-state index in [9.17, 15) is 9.59 Å². The summed E-state index contributed by atoms with van der Waals surface area (Å²) in [4.78, 5) is 20.6. The van der Waals surface area contributed by atoms with Gasteiger partial charge < -0.3 is 9.84 Å². The zero-order valence-electron chi connectivity index (χ0n) is 6.46. The van der Waals surface area contributed by atoms with Crippen molar-refractivity contribution in [2.24, 2.45) is 0 Å². The van der Waals surface area contributed by atoms with Gasteiger partial charge >= 0.3 is 11.9 Å². The summed E-state index contributed by atoms with van der Waals surface area (Å²) in [6.07, 6.45) is 0. The van der Waals surface area contributed by atoms with E-state index >= 15 is 0 Å². The van der Waals surface area contributed by atoms with Crippen molar-refractivity contribution in [1.29, 1.82) is 0 Å². The predicted molar refractivity (Wildman–Crippen MR) is 37.1 cm³/mol. The summed E-state index contributed by atoms with van der Waals surface area (Å²) in [6, 6.07) is -0.728. The van der Waals surface area contributed by atoms with Gasteiger partial charge in [0.15, 0.2) is 0 Å². The quantitative estimate of drug-likeness (QED) is 0.529. The van der Waals surface area contributed by atoms with Gasteiger partial charge in [-0.3, -0.25) is 14.9 Å². The second-order valence-electron chi connectivity index (χ2n) is 2.02. The fourth-order valence-corrected chi connectivity index (χ4v) is 0.396. The van der Waals surface area contributed by atoms with E-state index in [0.29, 0.717) is 0 Å². The number of carbonyl (C=O) groups is 2. The monoisotopic (exact) mass is 161 g/mol. The standard InChI is InChI=1S/C6H11NO4/c1-4(6(9)10)7-3-5(8)11-2/h4,7H,3H2,1-2H3,(H,9,10). The van der Waals surface area contributed by atoms with Gasteiger partial charge in [-0.05, 0) is 6.92 Å². The molecule has 64 valence electrons. The highest BCUT2D eigenvalue weighted by molar-refractivity contribution is 5.75. The lowest BCUT2D eigenvalue weighted by Crippen LogP contribution is -2.37. The third-order valence-electron chi connectivity index (χ3n) is 1.15. The minimum Gasteiger partial charge on any atom is -0.480 e. The van der Waals surface area contributed by atoms with E-state index in [4.69, 9.17) is 5.11 Å². The number of esters is 1. The molecule has 5 heteroatoms. The molecule has 0 aliphatic rings. The summed E-state index contributed by atoms with van der Waals surface area (Å²) < 4.78 is 4.29. The summed E-state index contributed by atoms with van der Waals surface area (Å²) in [6.45, 7) is 1.37. The average molecular weight is 161 g/mol. The molecular weight excluding hydrogens is 150 g/mol. The second kappa shape index (κ2) is 4.68. The third-order valence-corrected chi connectivity index (χ3v) is 1.15. The molecule has 0 rings (SSSR count). The summed E-state index contributed by atoms with van der Waals surface area (Å²) in [5.74, 6) is -1.47. The Bertz CT molecular complexity index is 157. The molecule has 0 saturated carbocycles. The lowest BCUT2D eigenvalue weighted by molar-refractivity contribution is -0.141. The van der Waals surface area contributed by atoms with Crippen molar-refractivity contribution in [2.45, 2.75) is 13.0 Å². The maximum atomic E-state index is 10.5. The van der Waals surface area contributed by atoms with Crippen LogP contribution in [-0.2, 0) is 14.3 Å². The van der Waals surface area contributed by atoms with Crippen LogP contribution in [0.25, 0.3) is 0 Å². The Morgan fingerprint density at radius 1 is 1.64 bits per heavy atom. The van der Waals surface area contributed by atoms with E-state index < -0.39 is 18.0 Å². The van der Waals surface area contributed by atoms with E-state index in [1.165, 1.54) is 14.0 Å². The van der Waals surface area contributed by atoms with Gasteiger partial charge in [0.2, 0.25) is 0 Å². The normalized spacial score (nSPS) is 12.2. The number of rotatable bonds is 4. The number of hydrogen-bond donors (Lipinski definition) is 2. The van der Waals surface area contributed by atoms with Gasteiger partial charge in [0.1, 0.15) is 6.04 Å². The zero-order chi connectivity index (χ0) is 8.85. The van der Waals surface area contributed by atoms with Gasteiger partial charge in [-0.2, -0.15) is 0 Å². The van der Waals surface area contributed by atoms with Gasteiger partial charge in [0.25, 0.3) is 0 Å². The summed E-state index contributed by atoms with van der Waals surface area (Å²) >= 11 is 0. The van der Waals surface area contributed by atoms with E-state index in [1.54, 1.807) is 0 Å². The molecule has 2 N–H and O–H groups in total. The first kappa shape index (κ1) is 9.90. The van der Waals surface area contributed by atoms with Crippen molar-refractivity contribution in [3.8, 4) is 0 Å². The van der Waals surface area contributed by atoms with Crippen LogP contribution in [0.2, 0.25) is 0 Å². The lowest BCUT2D eigenvalue weighted by atomic mass is 10.3. The number of aliphatic carboxylic acids is 1. The van der Waals surface area contributed by atoms with Gasteiger partial charge in [-0.25, -0.2) is 0 Å². The van der Waals surface area contributed by atoms with Crippen molar-refractivity contribution in [1.82, 2.24) is 5.32 Å². The van der Waals surface area contributed by atoms with Crippen molar-refractivity contribution in [3.05, 3.63) is 0 Å². The largest absolute Gasteiger partial charge is 0.480 e. The number of carbonyl (C=O) groups excluding carboxylic acids is 1. The number of carboxylic acid groups (broad SMARTS) is 1. The smallest absolute Gasteiger partial charge is 0.320 e. The highest BCUT2D eigenvalue weighted by Gasteiger charge is 2.10. The van der Waals surface area contributed by atoms with Gasteiger partial charge in [0, 0.05) is 0 Å². The average Bonchev–Trinajstić information content (AvgIpc) is 1.99. The van der Waals surface area contributed by atoms with Crippen LogP contribution in [0, 0.1) is 0 Å². The maximum absolute atomic E-state index is 10.5. The highest BCUT2D eigenvalue weighted by Crippen LogP contribution is 1.80. The molecule has 0 spiro atoms. The fourth-order valence-electron chi connectivity index (χ4n) is 0.396. The van der Waals surface area contributed by atoms with Crippen LogP contribution in [-0.4, -0.2) is 36.7 Å². The molecule has 0 aromatic heterocycles. The molecule has 0 aliphatic carbocycles. The molecule has 0 bridgehead atoms. The molecule has 1 atom stereocenters. The first-order chi connectivity index (χ1) is 5.07. The van der Waals surface area contributed by atoms with Crippen molar-refractivity contribution in [3.63, 3.8) is 0 Å². The molecule has 0 fully saturated rings. The fraction of sp³-hybridized carbons (Fsp3) is 0.667. The minimum absolute atomic E-state index is 0.0794. The summed E-state index contributed by atoms with van der Waals surface area (Å²) in [7, 11) is 1.25. The Hall–Kier alpha value is -1.10. The maximum Gasteiger partial charge on any atom is 0.320 e. The molecule has 1 unspecified atom stereocenters. The van der Waals surface area contributed by atoms with Gasteiger partial charge in [0.05, 0.1) is 13.7 Å². The zero-order valence-corrected chi connectivity index (χ0v) is 6.46. The Morgan fingerprint density at radius 2 is 2.18 bits per heavy atom. The SMILES string of the molecule is COC(=O)CNC(C)C(=O)O. The number of nitrogens with one attached hydrogen (secondary N) is 1. The molecule has 0 aromatic rings. The molecule has 5 nitrogen and oxygen atoms in total. The second-order valence-corrected chi connectivity index (χ2v) is 2.02. The van der Waals surface area contributed by atoms with Gasteiger partial charge in [-0.1, -0.05) is 0 Å². The highest BCUT2D eigenvalue weighted by atomic mass is 16.5. The number of ether oxygens (including phenoxy) is 1. The van der Waals surface area contributed by atoms with Crippen LogP contribution in [0.3, 0.4) is 0 Å². The molecule has 0 saturated heterocycles. The Morgan fingerprint density at radius 3 is 2.55 bits per heavy atom. The van der Waals surface area contributed by atoms with Crippen LogP contribution in [0.15, 0.2) is 0 Å². The van der Waals surface area contributed by atoms with Crippen LogP contribution in [0.4, 0.5) is 0 Å². The van der Waals surface area contributed by atoms with Crippen LogP contribution < -0.4 is 5.32 Å². The first-order valence-electron chi connectivity index (χ1n) is 3.11. The van der Waals surface area contributed by atoms with Crippen LogP contribution in [0.5, 0.6) is 0 Å². The van der Waals surface area contributed by atoms with Crippen molar-refractivity contribution >= 4 is 11.9 Å². The minimum atomic E-state index is -0.992. The number of hydrogen-bond acceptors (Lipinski definition) is 4. The summed E-state index contributed by atoms with van der Waals surface area (Å²) in [5, 5.41) is 10.8. The van der Waals surface area contributed by atoms with E-state index in [1.807, 2.05) is 0 Å². The van der Waals surface area contributed by atoms with E-state index in [-0.39, 0.29) is 6.54 Å². The molecular formula is C6H11NO4. The molecule has 0 amide bonds. The van der Waals surface area contributed by atoms with Crippen LogP contribution >= 0.6 is 0 Å². The van der Waals surface area contributed by atoms with Gasteiger partial charge in [-0.15, -0.1) is 0 Å². The van der Waals surface area contributed by atoms with E-state index in [0.717, 1.165) is 0 Å². The molecule has 0 aromatic carbocycles. The topological polar surface area (TPSA) is 75.6 Å². The van der Waals surface area contributed by atoms with Crippen molar-refractivity contribution < 1.29 is 19.4 Å². The summed E-state index contributed by atoms with van der Waals surface area (Å²) in [5.41, 5.74) is 0. The van der Waals surface area contributed by atoms with Crippen LogP contribution in [0.1, 0.15) is 6.92 Å². The molecule has 0 aliphatic heterocycles.